The van der Waals surface area contributed by atoms with E-state index in [1.807, 2.05) is 35.1 Å². The Morgan fingerprint density at radius 2 is 0.525 bits per heavy atom. The number of rotatable bonds is 10. The molecule has 0 atom stereocenters. The third kappa shape index (κ3) is 8.51. The molecule has 0 aliphatic heterocycles. The summed E-state index contributed by atoms with van der Waals surface area (Å²) in [7, 11) is 0. The van der Waals surface area contributed by atoms with E-state index in [0.717, 1.165) is 43.7 Å². The maximum Gasteiger partial charge on any atom is 0.0971 e. The molecule has 3 heterocycles. The van der Waals surface area contributed by atoms with Crippen molar-refractivity contribution in [1.29, 1.82) is 0 Å². The summed E-state index contributed by atoms with van der Waals surface area (Å²) in [5, 5.41) is 9.99. The lowest BCUT2D eigenvalue weighted by atomic mass is 9.91. The zero-order valence-corrected chi connectivity index (χ0v) is 48.3. The van der Waals surface area contributed by atoms with Gasteiger partial charge in [0.15, 0.2) is 0 Å². The van der Waals surface area contributed by atoms with E-state index in [9.17, 15) is 0 Å². The molecule has 4 heteroatoms. The highest BCUT2D eigenvalue weighted by atomic mass is 32.1. The standard InChI is InChI=1S/C76H62N2S2/c1-43(2)59-23-13-25-63-69-41-57(39-65(45(5)6)75(69)79-73(59)63)53-21-11-17-49(35-53)47-15-9-19-51(33-47)55-27-29-61-67(37-55)68-38-56(28-30-62(68)72-71(61)77-31-32-78-72)52-20-10-16-48(34-52)50-18-12-22-54(36-50)58-40-66(46(7)8)76-70(42-58)64-26-14-24-60(44(3)4)74(64)80-76/h9-46H,1-8H3. The van der Waals surface area contributed by atoms with E-state index in [1.54, 1.807) is 0 Å². The Kier molecular flexibility index (Phi) is 12.4. The molecule has 14 rings (SSSR count). The van der Waals surface area contributed by atoms with Crippen molar-refractivity contribution < 1.29 is 0 Å². The Morgan fingerprint density at radius 1 is 0.237 bits per heavy atom. The Labute approximate surface area is 477 Å². The average molecular weight is 1070 g/mol. The molecule has 0 fully saturated rings. The van der Waals surface area contributed by atoms with E-state index < -0.39 is 0 Å². The summed E-state index contributed by atoms with van der Waals surface area (Å²) in [6.45, 7) is 18.5. The van der Waals surface area contributed by atoms with Gasteiger partial charge in [0.05, 0.1) is 11.0 Å². The maximum atomic E-state index is 4.94. The van der Waals surface area contributed by atoms with Gasteiger partial charge in [-0.05, 0) is 184 Å². The summed E-state index contributed by atoms with van der Waals surface area (Å²) in [5.74, 6) is 1.75. The van der Waals surface area contributed by atoms with Gasteiger partial charge in [0.1, 0.15) is 0 Å². The molecule has 0 aliphatic carbocycles. The van der Waals surface area contributed by atoms with Gasteiger partial charge in [-0.1, -0.05) is 189 Å². The smallest absolute Gasteiger partial charge is 0.0971 e. The number of hydrogen-bond acceptors (Lipinski definition) is 4. The molecule has 0 radical (unpaired) electrons. The Morgan fingerprint density at radius 3 is 0.863 bits per heavy atom. The summed E-state index contributed by atoms with van der Waals surface area (Å²) in [6, 6.07) is 73.6. The van der Waals surface area contributed by atoms with Gasteiger partial charge in [-0.15, -0.1) is 22.7 Å². The summed E-state index contributed by atoms with van der Waals surface area (Å²) >= 11 is 3.94. The van der Waals surface area contributed by atoms with Crippen molar-refractivity contribution in [3.05, 3.63) is 229 Å². The highest BCUT2D eigenvalue weighted by Gasteiger charge is 2.21. The van der Waals surface area contributed by atoms with Gasteiger partial charge in [-0.3, -0.25) is 9.97 Å². The lowest BCUT2D eigenvalue weighted by Crippen LogP contribution is -1.91. The largest absolute Gasteiger partial charge is 0.252 e. The minimum absolute atomic E-state index is 0.404. The van der Waals surface area contributed by atoms with Gasteiger partial charge >= 0.3 is 0 Å². The maximum absolute atomic E-state index is 4.94. The topological polar surface area (TPSA) is 25.8 Å². The van der Waals surface area contributed by atoms with Crippen LogP contribution in [0.5, 0.6) is 0 Å². The van der Waals surface area contributed by atoms with Crippen molar-refractivity contribution in [3.8, 4) is 66.8 Å². The summed E-state index contributed by atoms with van der Waals surface area (Å²) in [4.78, 5) is 9.89. The first kappa shape index (κ1) is 50.0. The molecule has 0 aliphatic rings. The highest BCUT2D eigenvalue weighted by Crippen LogP contribution is 2.47. The Balaban J connectivity index is 0.826. The predicted octanol–water partition coefficient (Wildman–Crippen LogP) is 23.2. The van der Waals surface area contributed by atoms with E-state index in [-0.39, 0.29) is 0 Å². The minimum atomic E-state index is 0.404. The zero-order chi connectivity index (χ0) is 54.5. The molecule has 0 N–H and O–H groups in total. The molecule has 0 unspecified atom stereocenters. The van der Waals surface area contributed by atoms with Gasteiger partial charge < -0.3 is 0 Å². The summed E-state index contributed by atoms with van der Waals surface area (Å²) in [6.07, 6.45) is 3.63. The number of hydrogen-bond donors (Lipinski definition) is 0. The predicted molar refractivity (Wildman–Crippen MR) is 349 cm³/mol. The fourth-order valence-corrected chi connectivity index (χ4v) is 15.8. The van der Waals surface area contributed by atoms with Crippen LogP contribution in [0.25, 0.3) is 140 Å². The van der Waals surface area contributed by atoms with Crippen LogP contribution in [0.3, 0.4) is 0 Å². The lowest BCUT2D eigenvalue weighted by Gasteiger charge is -2.14. The van der Waals surface area contributed by atoms with E-state index in [2.05, 4.69) is 250 Å². The van der Waals surface area contributed by atoms with Crippen molar-refractivity contribution in [3.63, 3.8) is 0 Å². The number of aromatic nitrogens is 2. The fourth-order valence-electron chi connectivity index (χ4n) is 12.5. The molecule has 0 saturated heterocycles. The first-order valence-electron chi connectivity index (χ1n) is 28.4. The lowest BCUT2D eigenvalue weighted by molar-refractivity contribution is 0.878. The molecule has 0 spiro atoms. The fraction of sp³-hybridized carbons (Fsp3) is 0.158. The molecule has 0 bridgehead atoms. The van der Waals surface area contributed by atoms with Gasteiger partial charge in [0.2, 0.25) is 0 Å². The molecule has 80 heavy (non-hydrogen) atoms. The SMILES string of the molecule is CC(C)c1cccc2c1sc1c(C(C)C)cc(-c3cccc(-c4cccc(-c5ccc6c(c5)c5cc(-c7cccc(-c8cccc(-c9cc(C(C)C)c%10sc%11c(C(C)C)cccc%11c%10c9)c8)c7)ccc5c5nccnc65)c4)c3)cc12. The molecule has 0 amide bonds. The number of thiophene rings is 2. The molecular weight excluding hydrogens is 1000 g/mol. The molecule has 14 aromatic rings. The van der Waals surface area contributed by atoms with E-state index in [1.165, 1.54) is 118 Å². The molecule has 3 aromatic heterocycles. The zero-order valence-electron chi connectivity index (χ0n) is 46.7. The monoisotopic (exact) mass is 1070 g/mol. The van der Waals surface area contributed by atoms with E-state index >= 15 is 0 Å². The van der Waals surface area contributed by atoms with Crippen LogP contribution in [0, 0.1) is 0 Å². The van der Waals surface area contributed by atoms with Crippen molar-refractivity contribution in [2.45, 2.75) is 79.1 Å². The van der Waals surface area contributed by atoms with Gasteiger partial charge in [0, 0.05) is 63.5 Å². The number of nitrogens with zero attached hydrogens (tertiary/aromatic N) is 2. The molecule has 0 saturated carbocycles. The first-order chi connectivity index (χ1) is 38.9. The van der Waals surface area contributed by atoms with Crippen LogP contribution in [-0.4, -0.2) is 9.97 Å². The second-order valence-corrected chi connectivity index (χ2v) is 25.3. The van der Waals surface area contributed by atoms with Crippen LogP contribution in [0.2, 0.25) is 0 Å². The third-order valence-electron chi connectivity index (χ3n) is 16.8. The van der Waals surface area contributed by atoms with E-state index in [4.69, 9.17) is 9.97 Å². The number of benzene rings is 11. The van der Waals surface area contributed by atoms with Crippen molar-refractivity contribution in [1.82, 2.24) is 9.97 Å². The van der Waals surface area contributed by atoms with Crippen LogP contribution in [0.4, 0.5) is 0 Å². The van der Waals surface area contributed by atoms with Gasteiger partial charge in [-0.25, -0.2) is 0 Å². The highest BCUT2D eigenvalue weighted by molar-refractivity contribution is 7.26. The molecule has 11 aromatic carbocycles. The minimum Gasteiger partial charge on any atom is -0.252 e. The van der Waals surface area contributed by atoms with Crippen LogP contribution in [0.1, 0.15) is 101 Å². The second kappa shape index (κ2) is 19.8. The summed E-state index contributed by atoms with van der Waals surface area (Å²) in [5.41, 5.74) is 22.0. The molecule has 2 nitrogen and oxygen atoms in total. The van der Waals surface area contributed by atoms with Crippen LogP contribution >= 0.6 is 22.7 Å². The van der Waals surface area contributed by atoms with Crippen LogP contribution in [-0.2, 0) is 0 Å². The van der Waals surface area contributed by atoms with Crippen molar-refractivity contribution in [2.24, 2.45) is 0 Å². The Hall–Kier alpha value is -8.28. The second-order valence-electron chi connectivity index (χ2n) is 23.3. The normalized spacial score (nSPS) is 12.2. The van der Waals surface area contributed by atoms with E-state index in [0.29, 0.717) is 23.7 Å². The van der Waals surface area contributed by atoms with Crippen molar-refractivity contribution >= 4 is 95.6 Å². The van der Waals surface area contributed by atoms with Gasteiger partial charge in [0.25, 0.3) is 0 Å². The summed E-state index contributed by atoms with van der Waals surface area (Å²) < 4.78 is 5.68. The average Bonchev–Trinajstić information content (AvgIpc) is 4.21. The molecule has 388 valence electrons. The Bertz CT molecular complexity index is 4490. The van der Waals surface area contributed by atoms with Gasteiger partial charge in [-0.2, -0.15) is 0 Å². The van der Waals surface area contributed by atoms with Crippen LogP contribution in [0.15, 0.2) is 207 Å². The third-order valence-corrected chi connectivity index (χ3v) is 19.4. The number of fused-ring (bicyclic) bond motifs is 12. The first-order valence-corrected chi connectivity index (χ1v) is 30.1. The molecular formula is C76H62N2S2. The van der Waals surface area contributed by atoms with Crippen LogP contribution < -0.4 is 0 Å². The van der Waals surface area contributed by atoms with Crippen molar-refractivity contribution in [2.75, 3.05) is 0 Å². The quantitative estimate of drug-likeness (QED) is 0.128.